The first-order valence-electron chi connectivity index (χ1n) is 6.12. The number of carbonyl (C=O) groups is 1. The fourth-order valence-corrected chi connectivity index (χ4v) is 1.74. The summed E-state index contributed by atoms with van der Waals surface area (Å²) in [5, 5.41) is 19.9. The van der Waals surface area contributed by atoms with Crippen molar-refractivity contribution >= 4 is 11.7 Å². The van der Waals surface area contributed by atoms with Crippen molar-refractivity contribution < 1.29 is 14.6 Å². The molecule has 0 bridgehead atoms. The quantitative estimate of drug-likeness (QED) is 0.750. The fourth-order valence-electron chi connectivity index (χ4n) is 1.74. The molecule has 3 N–H and O–H groups in total. The number of aromatic nitrogens is 4. The molecule has 0 aliphatic rings. The van der Waals surface area contributed by atoms with Gasteiger partial charge in [-0.1, -0.05) is 0 Å². The van der Waals surface area contributed by atoms with Crippen LogP contribution in [-0.4, -0.2) is 37.9 Å². The highest BCUT2D eigenvalue weighted by Gasteiger charge is 2.12. The monoisotopic (exact) mass is 277 g/mol. The van der Waals surface area contributed by atoms with E-state index in [0.717, 1.165) is 0 Å². The summed E-state index contributed by atoms with van der Waals surface area (Å²) >= 11 is 0. The zero-order valence-corrected chi connectivity index (χ0v) is 11.0. The van der Waals surface area contributed by atoms with Crippen molar-refractivity contribution in [1.82, 2.24) is 20.2 Å². The van der Waals surface area contributed by atoms with Gasteiger partial charge in [-0.25, -0.2) is 4.68 Å². The highest BCUT2D eigenvalue weighted by atomic mass is 16.5. The predicted octanol–water partition coefficient (Wildman–Crippen LogP) is 0.796. The summed E-state index contributed by atoms with van der Waals surface area (Å²) in [4.78, 5) is 10.6. The van der Waals surface area contributed by atoms with Crippen molar-refractivity contribution in [2.24, 2.45) is 0 Å². The minimum atomic E-state index is -0.905. The number of rotatable bonds is 6. The van der Waals surface area contributed by atoms with Crippen molar-refractivity contribution in [2.45, 2.75) is 19.9 Å². The van der Waals surface area contributed by atoms with Crippen LogP contribution in [0.15, 0.2) is 18.2 Å². The van der Waals surface area contributed by atoms with E-state index in [1.54, 1.807) is 18.2 Å². The van der Waals surface area contributed by atoms with Gasteiger partial charge in [0, 0.05) is 5.56 Å². The van der Waals surface area contributed by atoms with Gasteiger partial charge >= 0.3 is 5.97 Å². The number of ether oxygens (including phenoxy) is 1. The average Bonchev–Trinajstić information content (AvgIpc) is 2.87. The lowest BCUT2D eigenvalue weighted by Crippen LogP contribution is -2.08. The minimum absolute atomic E-state index is 0.0510. The Morgan fingerprint density at radius 1 is 1.50 bits per heavy atom. The Labute approximate surface area is 115 Å². The molecule has 2 rings (SSSR count). The Morgan fingerprint density at radius 2 is 2.30 bits per heavy atom. The zero-order valence-electron chi connectivity index (χ0n) is 11.0. The summed E-state index contributed by atoms with van der Waals surface area (Å²) in [5.74, 6) is 0.166. The van der Waals surface area contributed by atoms with Crippen molar-refractivity contribution in [1.29, 1.82) is 0 Å². The molecule has 0 atom stereocenters. The Hall–Kier alpha value is -2.64. The van der Waals surface area contributed by atoms with E-state index in [1.165, 1.54) is 4.68 Å². The van der Waals surface area contributed by atoms with Crippen molar-refractivity contribution in [2.75, 3.05) is 12.3 Å². The van der Waals surface area contributed by atoms with Crippen LogP contribution in [0.5, 0.6) is 5.75 Å². The van der Waals surface area contributed by atoms with E-state index in [1.807, 2.05) is 6.92 Å². The SMILES string of the molecule is CCOc1ccc(-c2nnnn2CCC(=O)O)cc1N. The van der Waals surface area contributed by atoms with Gasteiger partial charge in [0.15, 0.2) is 5.82 Å². The molecule has 0 aliphatic heterocycles. The van der Waals surface area contributed by atoms with Crippen molar-refractivity contribution in [3.8, 4) is 17.1 Å². The summed E-state index contributed by atoms with van der Waals surface area (Å²) in [7, 11) is 0. The number of benzene rings is 1. The van der Waals surface area contributed by atoms with E-state index in [-0.39, 0.29) is 13.0 Å². The maximum Gasteiger partial charge on any atom is 0.305 e. The topological polar surface area (TPSA) is 116 Å². The lowest BCUT2D eigenvalue weighted by atomic mass is 10.1. The second-order valence-corrected chi connectivity index (χ2v) is 4.05. The number of carboxylic acid groups (broad SMARTS) is 1. The first-order chi connectivity index (χ1) is 9.61. The predicted molar refractivity (Wildman–Crippen MR) is 71.1 cm³/mol. The number of carboxylic acids is 1. The van der Waals surface area contributed by atoms with Gasteiger partial charge in [-0.05, 0) is 35.5 Å². The third-order valence-corrected chi connectivity index (χ3v) is 2.64. The largest absolute Gasteiger partial charge is 0.492 e. The van der Waals surface area contributed by atoms with E-state index in [4.69, 9.17) is 15.6 Å². The number of nitrogen functional groups attached to an aromatic ring is 1. The summed E-state index contributed by atoms with van der Waals surface area (Å²) in [6.07, 6.45) is -0.0510. The van der Waals surface area contributed by atoms with E-state index in [2.05, 4.69) is 15.5 Å². The highest BCUT2D eigenvalue weighted by molar-refractivity contribution is 5.67. The smallest absolute Gasteiger partial charge is 0.305 e. The Bertz CT molecular complexity index is 611. The molecule has 1 aromatic heterocycles. The molecule has 2 aromatic rings. The van der Waals surface area contributed by atoms with Gasteiger partial charge in [-0.15, -0.1) is 5.10 Å². The van der Waals surface area contributed by atoms with E-state index < -0.39 is 5.97 Å². The number of anilines is 1. The molecule has 0 saturated carbocycles. The number of nitrogens with two attached hydrogens (primary N) is 1. The summed E-state index contributed by atoms with van der Waals surface area (Å²) in [6, 6.07) is 5.22. The van der Waals surface area contributed by atoms with Crippen molar-refractivity contribution in [3.05, 3.63) is 18.2 Å². The van der Waals surface area contributed by atoms with Gasteiger partial charge in [0.2, 0.25) is 0 Å². The molecule has 8 nitrogen and oxygen atoms in total. The van der Waals surface area contributed by atoms with Crippen molar-refractivity contribution in [3.63, 3.8) is 0 Å². The van der Waals surface area contributed by atoms with Gasteiger partial charge in [0.1, 0.15) is 5.75 Å². The van der Waals surface area contributed by atoms with Crippen LogP contribution >= 0.6 is 0 Å². The van der Waals surface area contributed by atoms with Gasteiger partial charge in [0.25, 0.3) is 0 Å². The molecule has 0 radical (unpaired) electrons. The molecule has 20 heavy (non-hydrogen) atoms. The standard InChI is InChI=1S/C12H15N5O3/c1-2-20-10-4-3-8(7-9(10)13)12-14-15-16-17(12)6-5-11(18)19/h3-4,7H,2,5-6,13H2,1H3,(H,18,19). The molecular weight excluding hydrogens is 262 g/mol. The Balaban J connectivity index is 2.25. The Morgan fingerprint density at radius 3 is 2.95 bits per heavy atom. The molecule has 0 unspecified atom stereocenters. The van der Waals surface area contributed by atoms with Gasteiger partial charge < -0.3 is 15.6 Å². The third kappa shape index (κ3) is 3.02. The molecule has 0 amide bonds. The second kappa shape index (κ2) is 6.00. The Kier molecular flexibility index (Phi) is 4.14. The first kappa shape index (κ1) is 13.8. The lowest BCUT2D eigenvalue weighted by Gasteiger charge is -2.08. The molecule has 0 spiro atoms. The molecule has 1 aromatic carbocycles. The maximum atomic E-state index is 10.6. The summed E-state index contributed by atoms with van der Waals surface area (Å²) < 4.78 is 6.79. The van der Waals surface area contributed by atoms with Crippen LogP contribution in [0.4, 0.5) is 5.69 Å². The van der Waals surface area contributed by atoms with Crippen LogP contribution < -0.4 is 10.5 Å². The van der Waals surface area contributed by atoms with Crippen LogP contribution in [-0.2, 0) is 11.3 Å². The van der Waals surface area contributed by atoms with E-state index in [0.29, 0.717) is 29.4 Å². The molecule has 1 heterocycles. The van der Waals surface area contributed by atoms with E-state index >= 15 is 0 Å². The molecule has 8 heteroatoms. The molecule has 0 aliphatic carbocycles. The summed E-state index contributed by atoms with van der Waals surface area (Å²) in [5.41, 5.74) is 7.08. The van der Waals surface area contributed by atoms with Gasteiger partial charge in [-0.2, -0.15) is 0 Å². The molecule has 0 saturated heterocycles. The highest BCUT2D eigenvalue weighted by Crippen LogP contribution is 2.27. The fraction of sp³-hybridized carbons (Fsp3) is 0.333. The third-order valence-electron chi connectivity index (χ3n) is 2.64. The molecular formula is C12H15N5O3. The molecule has 0 fully saturated rings. The summed E-state index contributed by atoms with van der Waals surface area (Å²) in [6.45, 7) is 2.60. The number of hydrogen-bond donors (Lipinski definition) is 2. The number of aryl methyl sites for hydroxylation is 1. The lowest BCUT2D eigenvalue weighted by molar-refractivity contribution is -0.137. The maximum absolute atomic E-state index is 10.6. The van der Waals surface area contributed by atoms with Crippen LogP contribution in [0.25, 0.3) is 11.4 Å². The number of hydrogen-bond acceptors (Lipinski definition) is 6. The van der Waals surface area contributed by atoms with Gasteiger partial charge in [0.05, 0.1) is 25.3 Å². The first-order valence-corrected chi connectivity index (χ1v) is 6.12. The zero-order chi connectivity index (χ0) is 14.5. The van der Waals surface area contributed by atoms with Crippen LogP contribution in [0.2, 0.25) is 0 Å². The van der Waals surface area contributed by atoms with Gasteiger partial charge in [-0.3, -0.25) is 4.79 Å². The second-order valence-electron chi connectivity index (χ2n) is 4.05. The average molecular weight is 277 g/mol. The normalized spacial score (nSPS) is 10.4. The molecule has 106 valence electrons. The number of tetrazole rings is 1. The van der Waals surface area contributed by atoms with E-state index in [9.17, 15) is 4.79 Å². The number of nitrogens with zero attached hydrogens (tertiary/aromatic N) is 4. The van der Waals surface area contributed by atoms with Crippen LogP contribution in [0, 0.1) is 0 Å². The van der Waals surface area contributed by atoms with Crippen LogP contribution in [0.1, 0.15) is 13.3 Å². The minimum Gasteiger partial charge on any atom is -0.492 e. The van der Waals surface area contributed by atoms with Crippen LogP contribution in [0.3, 0.4) is 0 Å². The number of aliphatic carboxylic acids is 1.